The lowest BCUT2D eigenvalue weighted by molar-refractivity contribution is 0.0940. The fraction of sp³-hybridized carbons (Fsp3) is 0.231. The van der Waals surface area contributed by atoms with Crippen molar-refractivity contribution in [1.29, 1.82) is 0 Å². The molecule has 0 saturated carbocycles. The van der Waals surface area contributed by atoms with Gasteiger partial charge in [0.15, 0.2) is 5.82 Å². The molecule has 0 radical (unpaired) electrons. The molecule has 0 unspecified atom stereocenters. The Morgan fingerprint density at radius 1 is 1.35 bits per heavy atom. The van der Waals surface area contributed by atoms with Gasteiger partial charge in [0, 0.05) is 26.0 Å². The number of imidazole rings is 1. The van der Waals surface area contributed by atoms with Gasteiger partial charge in [0.05, 0.1) is 0 Å². The summed E-state index contributed by atoms with van der Waals surface area (Å²) in [5.74, 6) is 0.312. The second-order valence-corrected chi connectivity index (χ2v) is 3.85. The summed E-state index contributed by atoms with van der Waals surface area (Å²) in [7, 11) is 1.80. The second-order valence-electron chi connectivity index (χ2n) is 3.85. The Kier molecular flexibility index (Phi) is 3.55. The zero-order valence-electron chi connectivity index (χ0n) is 9.76. The third-order valence-corrected chi connectivity index (χ3v) is 2.57. The van der Waals surface area contributed by atoms with Crippen LogP contribution >= 0.6 is 0 Å². The Morgan fingerprint density at radius 3 is 2.76 bits per heavy atom. The number of benzene rings is 1. The molecule has 0 spiro atoms. The van der Waals surface area contributed by atoms with Gasteiger partial charge in [-0.3, -0.25) is 4.79 Å². The molecule has 4 heteroatoms. The molecule has 0 bridgehead atoms. The molecular weight excluding hydrogens is 214 g/mol. The van der Waals surface area contributed by atoms with Gasteiger partial charge in [0.25, 0.3) is 5.91 Å². The van der Waals surface area contributed by atoms with Crippen molar-refractivity contribution in [2.45, 2.75) is 6.42 Å². The molecule has 2 aromatic rings. The Bertz CT molecular complexity index is 490. The SMILES string of the molecule is Cn1ccnc1C(=O)NCCc1ccccc1. The average Bonchev–Trinajstić information content (AvgIpc) is 2.77. The molecule has 0 aliphatic heterocycles. The predicted molar refractivity (Wildman–Crippen MR) is 65.7 cm³/mol. The van der Waals surface area contributed by atoms with Crippen molar-refractivity contribution in [2.75, 3.05) is 6.54 Å². The highest BCUT2D eigenvalue weighted by molar-refractivity contribution is 5.90. The summed E-state index contributed by atoms with van der Waals surface area (Å²) in [6.07, 6.45) is 4.20. The van der Waals surface area contributed by atoms with E-state index in [0.29, 0.717) is 12.4 Å². The summed E-state index contributed by atoms with van der Waals surface area (Å²) in [5, 5.41) is 2.85. The lowest BCUT2D eigenvalue weighted by atomic mass is 10.1. The number of aromatic nitrogens is 2. The molecule has 0 saturated heterocycles. The third-order valence-electron chi connectivity index (χ3n) is 2.57. The molecule has 1 aromatic carbocycles. The molecular formula is C13H15N3O. The molecule has 0 fully saturated rings. The molecule has 1 heterocycles. The van der Waals surface area contributed by atoms with E-state index in [1.165, 1.54) is 5.56 Å². The van der Waals surface area contributed by atoms with Crippen molar-refractivity contribution in [3.63, 3.8) is 0 Å². The number of hydrogen-bond donors (Lipinski definition) is 1. The molecule has 4 nitrogen and oxygen atoms in total. The largest absolute Gasteiger partial charge is 0.349 e. The maximum atomic E-state index is 11.7. The lowest BCUT2D eigenvalue weighted by Gasteiger charge is -2.05. The van der Waals surface area contributed by atoms with Gasteiger partial charge in [0.1, 0.15) is 0 Å². The third kappa shape index (κ3) is 2.93. The van der Waals surface area contributed by atoms with Crippen molar-refractivity contribution in [3.05, 3.63) is 54.1 Å². The van der Waals surface area contributed by atoms with Crippen LogP contribution in [-0.4, -0.2) is 22.0 Å². The van der Waals surface area contributed by atoms with E-state index >= 15 is 0 Å². The van der Waals surface area contributed by atoms with Crippen LogP contribution in [0.15, 0.2) is 42.7 Å². The first-order valence-corrected chi connectivity index (χ1v) is 5.57. The normalized spacial score (nSPS) is 10.2. The number of rotatable bonds is 4. The molecule has 0 aliphatic carbocycles. The summed E-state index contributed by atoms with van der Waals surface area (Å²) in [4.78, 5) is 15.7. The Hall–Kier alpha value is -2.10. The monoisotopic (exact) mass is 229 g/mol. The highest BCUT2D eigenvalue weighted by Crippen LogP contribution is 1.99. The van der Waals surface area contributed by atoms with Crippen LogP contribution in [0.1, 0.15) is 16.2 Å². The number of nitrogens with one attached hydrogen (secondary N) is 1. The molecule has 1 amide bonds. The fourth-order valence-corrected chi connectivity index (χ4v) is 1.63. The van der Waals surface area contributed by atoms with Crippen LogP contribution in [0.2, 0.25) is 0 Å². The molecule has 88 valence electrons. The van der Waals surface area contributed by atoms with Gasteiger partial charge in [-0.2, -0.15) is 0 Å². The average molecular weight is 229 g/mol. The predicted octanol–water partition coefficient (Wildman–Crippen LogP) is 1.39. The van der Waals surface area contributed by atoms with Gasteiger partial charge in [-0.15, -0.1) is 0 Å². The van der Waals surface area contributed by atoms with E-state index in [2.05, 4.69) is 10.3 Å². The van der Waals surface area contributed by atoms with E-state index < -0.39 is 0 Å². The first-order chi connectivity index (χ1) is 8.27. The van der Waals surface area contributed by atoms with Crippen LogP contribution in [0.5, 0.6) is 0 Å². The first kappa shape index (κ1) is 11.4. The Balaban J connectivity index is 1.84. The molecule has 0 atom stereocenters. The van der Waals surface area contributed by atoms with Crippen LogP contribution in [0.3, 0.4) is 0 Å². The molecule has 1 N–H and O–H groups in total. The second kappa shape index (κ2) is 5.30. The molecule has 2 rings (SSSR count). The summed E-state index contributed by atoms with van der Waals surface area (Å²) in [6.45, 7) is 0.621. The fourth-order valence-electron chi connectivity index (χ4n) is 1.63. The van der Waals surface area contributed by atoms with Crippen LogP contribution in [-0.2, 0) is 13.5 Å². The first-order valence-electron chi connectivity index (χ1n) is 5.57. The van der Waals surface area contributed by atoms with Crippen molar-refractivity contribution in [2.24, 2.45) is 7.05 Å². The van der Waals surface area contributed by atoms with Crippen molar-refractivity contribution in [1.82, 2.24) is 14.9 Å². The zero-order chi connectivity index (χ0) is 12.1. The summed E-state index contributed by atoms with van der Waals surface area (Å²) in [5.41, 5.74) is 1.22. The van der Waals surface area contributed by atoms with Gasteiger partial charge < -0.3 is 9.88 Å². The van der Waals surface area contributed by atoms with Crippen molar-refractivity contribution >= 4 is 5.91 Å². The number of aryl methyl sites for hydroxylation is 1. The van der Waals surface area contributed by atoms with E-state index in [0.717, 1.165) is 6.42 Å². The maximum absolute atomic E-state index is 11.7. The lowest BCUT2D eigenvalue weighted by Crippen LogP contribution is -2.28. The van der Waals surface area contributed by atoms with Gasteiger partial charge >= 0.3 is 0 Å². The van der Waals surface area contributed by atoms with E-state index in [-0.39, 0.29) is 5.91 Å². The molecule has 17 heavy (non-hydrogen) atoms. The molecule has 1 aromatic heterocycles. The summed E-state index contributed by atoms with van der Waals surface area (Å²) < 4.78 is 1.71. The zero-order valence-corrected chi connectivity index (χ0v) is 9.76. The van der Waals surface area contributed by atoms with E-state index in [1.807, 2.05) is 30.3 Å². The van der Waals surface area contributed by atoms with Crippen molar-refractivity contribution in [3.8, 4) is 0 Å². The Morgan fingerprint density at radius 2 is 2.12 bits per heavy atom. The molecule has 0 aliphatic rings. The maximum Gasteiger partial charge on any atom is 0.287 e. The van der Waals surface area contributed by atoms with Gasteiger partial charge in [-0.1, -0.05) is 30.3 Å². The highest BCUT2D eigenvalue weighted by Gasteiger charge is 2.09. The number of amides is 1. The van der Waals surface area contributed by atoms with E-state index in [4.69, 9.17) is 0 Å². The number of carbonyl (C=O) groups excluding carboxylic acids is 1. The standard InChI is InChI=1S/C13H15N3O/c1-16-10-9-14-12(16)13(17)15-8-7-11-5-3-2-4-6-11/h2-6,9-10H,7-8H2,1H3,(H,15,17). The van der Waals surface area contributed by atoms with E-state index in [9.17, 15) is 4.79 Å². The summed E-state index contributed by atoms with van der Waals surface area (Å²) >= 11 is 0. The van der Waals surface area contributed by atoms with Crippen LogP contribution in [0.25, 0.3) is 0 Å². The highest BCUT2D eigenvalue weighted by atomic mass is 16.2. The van der Waals surface area contributed by atoms with Crippen LogP contribution in [0, 0.1) is 0 Å². The Labute approximate surface area is 100 Å². The quantitative estimate of drug-likeness (QED) is 0.861. The van der Waals surface area contributed by atoms with Gasteiger partial charge in [-0.05, 0) is 12.0 Å². The minimum Gasteiger partial charge on any atom is -0.349 e. The number of carbonyl (C=O) groups is 1. The smallest absolute Gasteiger partial charge is 0.287 e. The minimum absolute atomic E-state index is 0.131. The van der Waals surface area contributed by atoms with Crippen molar-refractivity contribution < 1.29 is 4.79 Å². The van der Waals surface area contributed by atoms with Gasteiger partial charge in [0.2, 0.25) is 0 Å². The van der Waals surface area contributed by atoms with E-state index in [1.54, 1.807) is 24.0 Å². The van der Waals surface area contributed by atoms with Crippen LogP contribution in [0.4, 0.5) is 0 Å². The number of nitrogens with zero attached hydrogens (tertiary/aromatic N) is 2. The number of hydrogen-bond acceptors (Lipinski definition) is 2. The van der Waals surface area contributed by atoms with Crippen LogP contribution < -0.4 is 5.32 Å². The summed E-state index contributed by atoms with van der Waals surface area (Å²) in [6, 6.07) is 10.1. The van der Waals surface area contributed by atoms with Gasteiger partial charge in [-0.25, -0.2) is 4.98 Å². The topological polar surface area (TPSA) is 46.9 Å². The minimum atomic E-state index is -0.131.